The van der Waals surface area contributed by atoms with E-state index in [1.54, 1.807) is 0 Å². The van der Waals surface area contributed by atoms with Crippen molar-refractivity contribution in [2.45, 2.75) is 23.7 Å². The maximum atomic E-state index is 10.1. The lowest BCUT2D eigenvalue weighted by atomic mass is 10.3. The minimum atomic E-state index is -4.95. The van der Waals surface area contributed by atoms with Crippen LogP contribution in [0, 0.1) is 0 Å². The van der Waals surface area contributed by atoms with Gasteiger partial charge in [0.05, 0.1) is 0 Å². The molecule has 0 bridgehead atoms. The molecule has 2 N–H and O–H groups in total. The van der Waals surface area contributed by atoms with Gasteiger partial charge in [0.2, 0.25) is 0 Å². The van der Waals surface area contributed by atoms with Crippen LogP contribution >= 0.6 is 0 Å². The summed E-state index contributed by atoms with van der Waals surface area (Å²) in [6.45, 7) is 0. The highest BCUT2D eigenvalue weighted by Crippen LogP contribution is 2.09. The first-order chi connectivity index (χ1) is 6.05. The van der Waals surface area contributed by atoms with Crippen LogP contribution in [0.1, 0.15) is 12.8 Å². The van der Waals surface area contributed by atoms with Crippen molar-refractivity contribution < 1.29 is 36.2 Å². The Morgan fingerprint density at radius 3 is 1.21 bits per heavy atom. The van der Waals surface area contributed by atoms with Crippen molar-refractivity contribution in [3.63, 3.8) is 0 Å². The SMILES string of the molecule is O=S(=O)([O-])[C@H](O)CC[C@@H](O)S(=O)(=O)[O-]. The van der Waals surface area contributed by atoms with Crippen molar-refractivity contribution in [2.75, 3.05) is 0 Å². The summed E-state index contributed by atoms with van der Waals surface area (Å²) in [5.74, 6) is 0. The first-order valence-electron chi connectivity index (χ1n) is 3.30. The van der Waals surface area contributed by atoms with E-state index in [0.717, 1.165) is 0 Å². The highest BCUT2D eigenvalue weighted by molar-refractivity contribution is 7.86. The van der Waals surface area contributed by atoms with Gasteiger partial charge in [-0.1, -0.05) is 0 Å². The van der Waals surface area contributed by atoms with Crippen LogP contribution in [0.2, 0.25) is 0 Å². The van der Waals surface area contributed by atoms with Crippen molar-refractivity contribution in [1.82, 2.24) is 0 Å². The molecule has 0 aromatic carbocycles. The first kappa shape index (κ1) is 13.7. The van der Waals surface area contributed by atoms with Crippen LogP contribution in [0.4, 0.5) is 0 Å². The Bertz CT molecular complexity index is 328. The summed E-state index contributed by atoms with van der Waals surface area (Å²) >= 11 is 0. The highest BCUT2D eigenvalue weighted by atomic mass is 32.2. The molecule has 10 heteroatoms. The molecule has 0 heterocycles. The van der Waals surface area contributed by atoms with Crippen LogP contribution in [0.25, 0.3) is 0 Å². The molecule has 0 rings (SSSR count). The van der Waals surface area contributed by atoms with Gasteiger partial charge in [-0.15, -0.1) is 0 Å². The summed E-state index contributed by atoms with van der Waals surface area (Å²) in [6.07, 6.45) is -1.62. The zero-order valence-corrected chi connectivity index (χ0v) is 8.36. The van der Waals surface area contributed by atoms with Crippen LogP contribution in [-0.4, -0.2) is 47.0 Å². The van der Waals surface area contributed by atoms with E-state index in [4.69, 9.17) is 10.2 Å². The number of aliphatic hydroxyl groups is 2. The second-order valence-corrected chi connectivity index (χ2v) is 5.53. The van der Waals surface area contributed by atoms with Crippen LogP contribution in [0.15, 0.2) is 0 Å². The van der Waals surface area contributed by atoms with E-state index in [1.807, 2.05) is 0 Å². The third-order valence-corrected chi connectivity index (χ3v) is 3.13. The third kappa shape index (κ3) is 4.83. The summed E-state index contributed by atoms with van der Waals surface area (Å²) in [7, 11) is -9.89. The maximum absolute atomic E-state index is 10.1. The Morgan fingerprint density at radius 2 is 1.07 bits per heavy atom. The van der Waals surface area contributed by atoms with Crippen LogP contribution in [0.3, 0.4) is 0 Å². The predicted octanol–water partition coefficient (Wildman–Crippen LogP) is -2.51. The molecule has 0 aromatic rings. The molecule has 0 aliphatic carbocycles. The Hall–Kier alpha value is -0.260. The van der Waals surface area contributed by atoms with Crippen molar-refractivity contribution in [3.8, 4) is 0 Å². The molecule has 0 unspecified atom stereocenters. The van der Waals surface area contributed by atoms with E-state index in [-0.39, 0.29) is 0 Å². The van der Waals surface area contributed by atoms with Gasteiger partial charge in [0.1, 0.15) is 31.1 Å². The average Bonchev–Trinajstić information content (AvgIpc) is 1.95. The minimum absolute atomic E-state index is 0.811. The highest BCUT2D eigenvalue weighted by Gasteiger charge is 2.17. The van der Waals surface area contributed by atoms with Crippen molar-refractivity contribution in [1.29, 1.82) is 0 Å². The van der Waals surface area contributed by atoms with Gasteiger partial charge in [-0.3, -0.25) is 0 Å². The molecule has 0 saturated heterocycles. The standard InChI is InChI=1S/C4H10O8S2/c5-3(13(7,8)9)1-2-4(6)14(10,11)12/h3-6H,1-2H2,(H,7,8,9)(H,10,11,12)/p-2/t3-,4-/m0/s1. The van der Waals surface area contributed by atoms with Crippen LogP contribution < -0.4 is 0 Å². The second kappa shape index (κ2) is 4.51. The fraction of sp³-hybridized carbons (Fsp3) is 1.00. The number of rotatable bonds is 5. The second-order valence-electron chi connectivity index (χ2n) is 2.47. The molecule has 14 heavy (non-hydrogen) atoms. The zero-order valence-electron chi connectivity index (χ0n) is 6.73. The van der Waals surface area contributed by atoms with Crippen LogP contribution in [0.5, 0.6) is 0 Å². The number of aliphatic hydroxyl groups excluding tert-OH is 2. The quantitative estimate of drug-likeness (QED) is 0.505. The molecule has 86 valence electrons. The summed E-state index contributed by atoms with van der Waals surface area (Å²) in [4.78, 5) is 0. The number of hydrogen-bond donors (Lipinski definition) is 2. The predicted molar refractivity (Wildman–Crippen MR) is 40.6 cm³/mol. The maximum Gasteiger partial charge on any atom is 0.143 e. The molecular weight excluding hydrogens is 240 g/mol. The van der Waals surface area contributed by atoms with E-state index < -0.39 is 43.9 Å². The fourth-order valence-corrected chi connectivity index (χ4v) is 1.42. The van der Waals surface area contributed by atoms with E-state index in [9.17, 15) is 25.9 Å². The molecule has 0 aromatic heterocycles. The van der Waals surface area contributed by atoms with Gasteiger partial charge in [-0.2, -0.15) is 0 Å². The lowest BCUT2D eigenvalue weighted by Gasteiger charge is -2.18. The van der Waals surface area contributed by atoms with Gasteiger partial charge in [0, 0.05) is 0 Å². The molecule has 2 atom stereocenters. The van der Waals surface area contributed by atoms with Gasteiger partial charge in [0.25, 0.3) is 0 Å². The van der Waals surface area contributed by atoms with Gasteiger partial charge in [0.15, 0.2) is 0 Å². The number of hydrogen-bond acceptors (Lipinski definition) is 8. The third-order valence-electron chi connectivity index (χ3n) is 1.33. The average molecular weight is 248 g/mol. The van der Waals surface area contributed by atoms with Gasteiger partial charge >= 0.3 is 0 Å². The Balaban J connectivity index is 4.23. The molecule has 8 nitrogen and oxygen atoms in total. The smallest absolute Gasteiger partial charge is 0.143 e. The normalized spacial score (nSPS) is 17.7. The molecule has 0 fully saturated rings. The Morgan fingerprint density at radius 1 is 0.857 bits per heavy atom. The van der Waals surface area contributed by atoms with E-state index in [1.165, 1.54) is 0 Å². The summed E-state index contributed by atoms with van der Waals surface area (Å²) in [5, 5.41) is 17.2. The van der Waals surface area contributed by atoms with Gasteiger partial charge in [-0.25, -0.2) is 16.8 Å². The zero-order chi connectivity index (χ0) is 11.6. The van der Waals surface area contributed by atoms with E-state index in [2.05, 4.69) is 0 Å². The fourth-order valence-electron chi connectivity index (χ4n) is 0.574. The van der Waals surface area contributed by atoms with Crippen molar-refractivity contribution >= 4 is 20.2 Å². The van der Waals surface area contributed by atoms with Gasteiger partial charge < -0.3 is 19.3 Å². The monoisotopic (exact) mass is 248 g/mol. The topological polar surface area (TPSA) is 155 Å². The lowest BCUT2D eigenvalue weighted by Crippen LogP contribution is -2.25. The van der Waals surface area contributed by atoms with Crippen molar-refractivity contribution in [2.24, 2.45) is 0 Å². The minimum Gasteiger partial charge on any atom is -0.746 e. The molecule has 0 aliphatic rings. The summed E-state index contributed by atoms with van der Waals surface area (Å²) in [5.41, 5.74) is -4.64. The molecule has 0 spiro atoms. The van der Waals surface area contributed by atoms with Crippen LogP contribution in [-0.2, 0) is 20.2 Å². The molecule has 0 aliphatic heterocycles. The first-order valence-corrected chi connectivity index (χ1v) is 6.25. The van der Waals surface area contributed by atoms with Crippen molar-refractivity contribution in [3.05, 3.63) is 0 Å². The largest absolute Gasteiger partial charge is 0.746 e. The molecule has 0 amide bonds. The Labute approximate surface area is 80.7 Å². The molecule has 0 saturated carbocycles. The summed E-state index contributed by atoms with van der Waals surface area (Å²) < 4.78 is 60.5. The van der Waals surface area contributed by atoms with Gasteiger partial charge in [-0.05, 0) is 12.8 Å². The Kier molecular flexibility index (Phi) is 4.42. The lowest BCUT2D eigenvalue weighted by molar-refractivity contribution is 0.176. The summed E-state index contributed by atoms with van der Waals surface area (Å²) in [6, 6.07) is 0. The van der Waals surface area contributed by atoms with E-state index in [0.29, 0.717) is 0 Å². The molecule has 0 radical (unpaired) electrons. The molecular formula is C4H8O8S2-2. The van der Waals surface area contributed by atoms with E-state index >= 15 is 0 Å².